The molecule has 4 heteroatoms. The Hall–Kier alpha value is -0.610. The Morgan fingerprint density at radius 1 is 1.27 bits per heavy atom. The zero-order valence-electron chi connectivity index (χ0n) is 6.96. The maximum Gasteiger partial charge on any atom is 0.342 e. The molecule has 0 atom stereocenters. The van der Waals surface area contributed by atoms with Gasteiger partial charge in [0.1, 0.15) is 6.61 Å². The molecule has 0 aliphatic carbocycles. The van der Waals surface area contributed by atoms with Crippen molar-refractivity contribution in [3.8, 4) is 0 Å². The first kappa shape index (κ1) is 10.4. The van der Waals surface area contributed by atoms with Crippen LogP contribution in [0.15, 0.2) is 0 Å². The van der Waals surface area contributed by atoms with Gasteiger partial charge in [0.2, 0.25) is 0 Å². The number of hydrogen-bond acceptors (Lipinski definition) is 4. The summed E-state index contributed by atoms with van der Waals surface area (Å²) in [6.45, 7) is 4.98. The van der Waals surface area contributed by atoms with Crippen LogP contribution in [0.3, 0.4) is 0 Å². The summed E-state index contributed by atoms with van der Waals surface area (Å²) in [4.78, 5) is 19.3. The van der Waals surface area contributed by atoms with E-state index in [4.69, 9.17) is 4.74 Å². The zero-order chi connectivity index (χ0) is 8.53. The molecule has 0 N–H and O–H groups in total. The Labute approximate surface area is 66.4 Å². The second-order valence-electron chi connectivity index (χ2n) is 1.83. The van der Waals surface area contributed by atoms with Crippen LogP contribution in [0.1, 0.15) is 20.3 Å². The van der Waals surface area contributed by atoms with Crippen LogP contribution in [-0.2, 0) is 19.3 Å². The summed E-state index contributed by atoms with van der Waals surface area (Å²) >= 11 is 0. The molecule has 0 aliphatic heterocycles. The highest BCUT2D eigenvalue weighted by Crippen LogP contribution is 1.85. The molecular formula is C7H14O4. The molecule has 4 nitrogen and oxygen atoms in total. The smallest absolute Gasteiger partial charge is 0.342 e. The lowest BCUT2D eigenvalue weighted by Crippen LogP contribution is -2.08. The molecule has 0 saturated carbocycles. The highest BCUT2D eigenvalue weighted by atomic mass is 17.2. The van der Waals surface area contributed by atoms with Gasteiger partial charge in [0.05, 0.1) is 6.61 Å². The minimum absolute atomic E-state index is 0.291. The van der Waals surface area contributed by atoms with Gasteiger partial charge < -0.3 is 4.74 Å². The second-order valence-corrected chi connectivity index (χ2v) is 1.83. The molecule has 0 saturated heterocycles. The van der Waals surface area contributed by atoms with Crippen molar-refractivity contribution in [1.29, 1.82) is 0 Å². The van der Waals surface area contributed by atoms with E-state index in [1.54, 1.807) is 6.92 Å². The Bertz CT molecular complexity index is 103. The van der Waals surface area contributed by atoms with Gasteiger partial charge in [-0.05, 0) is 6.92 Å². The van der Waals surface area contributed by atoms with Crippen LogP contribution in [0.2, 0.25) is 0 Å². The fourth-order valence-corrected chi connectivity index (χ4v) is 0.404. The maximum atomic E-state index is 10.5. The summed E-state index contributed by atoms with van der Waals surface area (Å²) in [6, 6.07) is 0. The maximum absolute atomic E-state index is 10.5. The van der Waals surface area contributed by atoms with Gasteiger partial charge in [-0.25, -0.2) is 4.79 Å². The molecular weight excluding hydrogens is 148 g/mol. The molecule has 0 spiro atoms. The molecule has 0 amide bonds. The van der Waals surface area contributed by atoms with Gasteiger partial charge in [-0.3, -0.25) is 4.89 Å². The van der Waals surface area contributed by atoms with Crippen molar-refractivity contribution in [2.75, 3.05) is 19.8 Å². The Morgan fingerprint density at radius 2 is 2.00 bits per heavy atom. The normalized spacial score (nSPS) is 9.64. The summed E-state index contributed by atoms with van der Waals surface area (Å²) in [7, 11) is 0. The lowest BCUT2D eigenvalue weighted by atomic mass is 10.5. The van der Waals surface area contributed by atoms with Gasteiger partial charge >= 0.3 is 5.97 Å². The first-order valence-corrected chi connectivity index (χ1v) is 3.71. The van der Waals surface area contributed by atoms with E-state index in [9.17, 15) is 4.79 Å². The minimum atomic E-state index is -0.360. The predicted molar refractivity (Wildman–Crippen MR) is 38.8 cm³/mol. The molecule has 66 valence electrons. The van der Waals surface area contributed by atoms with Crippen molar-refractivity contribution in [3.63, 3.8) is 0 Å². The average Bonchev–Trinajstić information content (AvgIpc) is 2.04. The molecule has 11 heavy (non-hydrogen) atoms. The van der Waals surface area contributed by atoms with Crippen LogP contribution < -0.4 is 0 Å². The summed E-state index contributed by atoms with van der Waals surface area (Å²) in [6.07, 6.45) is 0.328. The molecule has 0 unspecified atom stereocenters. The highest BCUT2D eigenvalue weighted by Gasteiger charge is 1.97. The average molecular weight is 162 g/mol. The second kappa shape index (κ2) is 7.50. The monoisotopic (exact) mass is 162 g/mol. The van der Waals surface area contributed by atoms with Gasteiger partial charge in [-0.15, -0.1) is 0 Å². The zero-order valence-corrected chi connectivity index (χ0v) is 6.96. The van der Waals surface area contributed by atoms with Gasteiger partial charge in [0.25, 0.3) is 0 Å². The van der Waals surface area contributed by atoms with E-state index in [2.05, 4.69) is 9.78 Å². The van der Waals surface area contributed by atoms with Crippen molar-refractivity contribution >= 4 is 5.97 Å². The first-order valence-electron chi connectivity index (χ1n) is 3.71. The Morgan fingerprint density at radius 3 is 2.55 bits per heavy atom. The molecule has 0 bridgehead atoms. The van der Waals surface area contributed by atoms with Crippen LogP contribution in [0, 0.1) is 0 Å². The quantitative estimate of drug-likeness (QED) is 0.331. The van der Waals surface area contributed by atoms with E-state index in [-0.39, 0.29) is 5.97 Å². The lowest BCUT2D eigenvalue weighted by molar-refractivity contribution is -0.276. The molecule has 0 aliphatic rings. The minimum Gasteiger partial charge on any atom is -0.379 e. The van der Waals surface area contributed by atoms with Gasteiger partial charge in [-0.2, -0.15) is 4.89 Å². The predicted octanol–water partition coefficient (Wildman–Crippen LogP) is 0.908. The van der Waals surface area contributed by atoms with Crippen LogP contribution in [0.5, 0.6) is 0 Å². The third-order valence-corrected chi connectivity index (χ3v) is 0.956. The number of carbonyl (C=O) groups excluding carboxylic acids is 1. The van der Waals surface area contributed by atoms with Crippen LogP contribution >= 0.6 is 0 Å². The molecule has 0 aromatic heterocycles. The van der Waals surface area contributed by atoms with Gasteiger partial charge in [0.15, 0.2) is 0 Å². The van der Waals surface area contributed by atoms with Crippen molar-refractivity contribution < 1.29 is 19.3 Å². The van der Waals surface area contributed by atoms with Crippen molar-refractivity contribution in [1.82, 2.24) is 0 Å². The summed E-state index contributed by atoms with van der Waals surface area (Å²) in [5.41, 5.74) is 0. The number of rotatable bonds is 6. The van der Waals surface area contributed by atoms with E-state index in [0.717, 1.165) is 0 Å². The van der Waals surface area contributed by atoms with Crippen molar-refractivity contribution in [3.05, 3.63) is 0 Å². The highest BCUT2D eigenvalue weighted by molar-refractivity contribution is 5.68. The fourth-order valence-electron chi connectivity index (χ4n) is 0.404. The molecule has 0 fully saturated rings. The number of hydrogen-bond donors (Lipinski definition) is 0. The summed E-state index contributed by atoms with van der Waals surface area (Å²) < 4.78 is 4.93. The van der Waals surface area contributed by atoms with Gasteiger partial charge in [0, 0.05) is 13.0 Å². The Balaban J connectivity index is 2.95. The van der Waals surface area contributed by atoms with Crippen LogP contribution in [-0.4, -0.2) is 25.8 Å². The number of ether oxygens (including phenoxy) is 1. The van der Waals surface area contributed by atoms with Crippen LogP contribution in [0.25, 0.3) is 0 Å². The molecule has 0 radical (unpaired) electrons. The van der Waals surface area contributed by atoms with Crippen molar-refractivity contribution in [2.45, 2.75) is 20.3 Å². The Kier molecular flexibility index (Phi) is 7.08. The van der Waals surface area contributed by atoms with E-state index in [0.29, 0.717) is 26.2 Å². The number of carbonyl (C=O) groups is 1. The van der Waals surface area contributed by atoms with Crippen LogP contribution in [0.4, 0.5) is 0 Å². The lowest BCUT2D eigenvalue weighted by Gasteiger charge is -2.01. The third kappa shape index (κ3) is 7.29. The summed E-state index contributed by atoms with van der Waals surface area (Å²) in [5.74, 6) is -0.360. The molecule has 0 aromatic carbocycles. The van der Waals surface area contributed by atoms with E-state index < -0.39 is 0 Å². The standard InChI is InChI=1S/C7H14O4/c1-3-7(8)11-10-6-5-9-4-2/h3-6H2,1-2H3. The first-order chi connectivity index (χ1) is 5.31. The van der Waals surface area contributed by atoms with E-state index >= 15 is 0 Å². The van der Waals surface area contributed by atoms with E-state index in [1.165, 1.54) is 0 Å². The van der Waals surface area contributed by atoms with Gasteiger partial charge in [-0.1, -0.05) is 6.92 Å². The molecule has 0 heterocycles. The summed E-state index contributed by atoms with van der Waals surface area (Å²) in [5, 5.41) is 0. The topological polar surface area (TPSA) is 44.8 Å². The fraction of sp³-hybridized carbons (Fsp3) is 0.857. The largest absolute Gasteiger partial charge is 0.379 e. The van der Waals surface area contributed by atoms with Crippen molar-refractivity contribution in [2.24, 2.45) is 0 Å². The molecule has 0 rings (SSSR count). The SMILES string of the molecule is CCOCCOOC(=O)CC. The third-order valence-electron chi connectivity index (χ3n) is 0.956. The molecule has 0 aromatic rings. The van der Waals surface area contributed by atoms with E-state index in [1.807, 2.05) is 6.92 Å².